The Morgan fingerprint density at radius 3 is 2.00 bits per heavy atom. The van der Waals surface area contributed by atoms with Crippen molar-refractivity contribution in [3.63, 3.8) is 0 Å². The van der Waals surface area contributed by atoms with E-state index in [-0.39, 0.29) is 17.6 Å². The summed E-state index contributed by atoms with van der Waals surface area (Å²) in [6.07, 6.45) is 1.67. The quantitative estimate of drug-likeness (QED) is 0.415. The molecule has 184 valence electrons. The number of anilines is 1. The molecule has 0 aromatic heterocycles. The predicted octanol–water partition coefficient (Wildman–Crippen LogP) is 5.55. The summed E-state index contributed by atoms with van der Waals surface area (Å²) in [6.45, 7) is 2.63. The van der Waals surface area contributed by atoms with Crippen LogP contribution in [0.15, 0.2) is 78.9 Å². The Morgan fingerprint density at radius 2 is 1.46 bits per heavy atom. The zero-order valence-electron chi connectivity index (χ0n) is 19.5. The molecule has 3 aromatic rings. The van der Waals surface area contributed by atoms with Gasteiger partial charge in [-0.25, -0.2) is 13.6 Å². The second kappa shape index (κ2) is 11.4. The van der Waals surface area contributed by atoms with Crippen LogP contribution in [0.2, 0.25) is 0 Å². The maximum absolute atomic E-state index is 13.6. The number of ether oxygens (including phenoxy) is 1. The number of nitrogens with zero attached hydrogens (tertiary/aromatic N) is 1. The van der Waals surface area contributed by atoms with Crippen LogP contribution in [0.5, 0.6) is 0 Å². The van der Waals surface area contributed by atoms with E-state index < -0.39 is 11.7 Å². The van der Waals surface area contributed by atoms with Crippen molar-refractivity contribution in [2.24, 2.45) is 5.92 Å². The number of nitrogens with one attached hydrogen (secondary N) is 1. The highest BCUT2D eigenvalue weighted by molar-refractivity contribution is 5.84. The van der Waals surface area contributed by atoms with E-state index in [1.54, 1.807) is 36.4 Å². The molecule has 3 aromatic carbocycles. The van der Waals surface area contributed by atoms with Gasteiger partial charge in [0, 0.05) is 12.2 Å². The molecule has 4 rings (SSSR count). The molecule has 1 heterocycles. The van der Waals surface area contributed by atoms with Crippen molar-refractivity contribution in [2.75, 3.05) is 31.6 Å². The van der Waals surface area contributed by atoms with Crippen molar-refractivity contribution in [1.82, 2.24) is 4.90 Å². The molecule has 0 bridgehead atoms. The van der Waals surface area contributed by atoms with Crippen molar-refractivity contribution >= 4 is 11.8 Å². The lowest BCUT2D eigenvalue weighted by Gasteiger charge is -2.42. The highest BCUT2D eigenvalue weighted by atomic mass is 19.1. The summed E-state index contributed by atoms with van der Waals surface area (Å²) in [5, 5.41) is 14.6. The molecule has 0 aliphatic carbocycles. The lowest BCUT2D eigenvalue weighted by Crippen LogP contribution is -2.44. The molecule has 0 radical (unpaired) electrons. The topological polar surface area (TPSA) is 61.8 Å². The zero-order valence-corrected chi connectivity index (χ0v) is 19.5. The van der Waals surface area contributed by atoms with Crippen molar-refractivity contribution in [3.8, 4) is 0 Å². The number of halogens is 2. The number of carbonyl (C=O) groups is 1. The van der Waals surface area contributed by atoms with Gasteiger partial charge in [0.15, 0.2) is 0 Å². The average Bonchev–Trinajstić information content (AvgIpc) is 2.88. The molecule has 2 N–H and O–H groups in total. The lowest BCUT2D eigenvalue weighted by molar-refractivity contribution is -0.0148. The molecule has 1 saturated heterocycles. The number of benzene rings is 3. The summed E-state index contributed by atoms with van der Waals surface area (Å²) < 4.78 is 32.4. The van der Waals surface area contributed by atoms with Gasteiger partial charge in [-0.05, 0) is 85.8 Å². The van der Waals surface area contributed by atoms with E-state index in [0.29, 0.717) is 29.8 Å². The van der Waals surface area contributed by atoms with Crippen molar-refractivity contribution in [1.29, 1.82) is 0 Å². The fraction of sp³-hybridized carbons (Fsp3) is 0.321. The number of hydrogen-bond donors (Lipinski definition) is 2. The number of hydrogen-bond acceptors (Lipinski definition) is 4. The number of para-hydroxylation sites is 1. The number of amides is 1. The van der Waals surface area contributed by atoms with Gasteiger partial charge < -0.3 is 14.7 Å². The van der Waals surface area contributed by atoms with Crippen LogP contribution < -0.4 is 5.32 Å². The van der Waals surface area contributed by atoms with E-state index in [9.17, 15) is 18.7 Å². The normalized spacial score (nSPS) is 15.1. The van der Waals surface area contributed by atoms with E-state index in [0.717, 1.165) is 32.5 Å². The summed E-state index contributed by atoms with van der Waals surface area (Å²) in [7, 11) is 0. The Bertz CT molecular complexity index is 1040. The highest BCUT2D eigenvalue weighted by Crippen LogP contribution is 2.42. The van der Waals surface area contributed by atoms with Gasteiger partial charge in [-0.3, -0.25) is 5.32 Å². The van der Waals surface area contributed by atoms with Gasteiger partial charge in [0.25, 0.3) is 0 Å². The first kappa shape index (κ1) is 24.8. The van der Waals surface area contributed by atoms with Crippen LogP contribution in [0.4, 0.5) is 19.3 Å². The van der Waals surface area contributed by atoms with Crippen LogP contribution in [-0.2, 0) is 10.3 Å². The molecular formula is C28H30F2N2O3. The minimum atomic E-state index is -1.34. The second-order valence-corrected chi connectivity index (χ2v) is 8.88. The number of piperidine rings is 1. The largest absolute Gasteiger partial charge is 0.449 e. The van der Waals surface area contributed by atoms with Gasteiger partial charge in [0.2, 0.25) is 0 Å². The molecule has 0 saturated carbocycles. The minimum absolute atomic E-state index is 0.109. The standard InChI is InChI=1S/C28H30F2N2O3/c29-24-11-7-21(8-12-24)28(34,22-9-13-25(30)14-10-22)23-15-18-32(19-16-23)17-4-20-35-27(33)31-26-5-2-1-3-6-26/h1-3,5-14,23,34H,4,15-20H2,(H,31,33). The molecule has 1 amide bonds. The van der Waals surface area contributed by atoms with E-state index in [1.807, 2.05) is 18.2 Å². The fourth-order valence-corrected chi connectivity index (χ4v) is 4.75. The number of carbonyl (C=O) groups excluding carboxylic acids is 1. The third-order valence-electron chi connectivity index (χ3n) is 6.62. The Kier molecular flexibility index (Phi) is 8.10. The average molecular weight is 481 g/mol. The van der Waals surface area contributed by atoms with Gasteiger partial charge in [-0.1, -0.05) is 42.5 Å². The van der Waals surface area contributed by atoms with Crippen LogP contribution in [0, 0.1) is 17.6 Å². The van der Waals surface area contributed by atoms with Gasteiger partial charge >= 0.3 is 6.09 Å². The summed E-state index contributed by atoms with van der Waals surface area (Å²) in [4.78, 5) is 14.2. The van der Waals surface area contributed by atoms with Crippen LogP contribution in [0.3, 0.4) is 0 Å². The summed E-state index contributed by atoms with van der Waals surface area (Å²) >= 11 is 0. The molecule has 1 aliphatic heterocycles. The van der Waals surface area contributed by atoms with Crippen LogP contribution in [-0.4, -0.2) is 42.3 Å². The second-order valence-electron chi connectivity index (χ2n) is 8.88. The predicted molar refractivity (Wildman–Crippen MR) is 131 cm³/mol. The molecule has 1 fully saturated rings. The molecule has 0 spiro atoms. The van der Waals surface area contributed by atoms with E-state index in [1.165, 1.54) is 24.3 Å². The zero-order chi connectivity index (χ0) is 24.7. The Balaban J connectivity index is 1.31. The molecule has 35 heavy (non-hydrogen) atoms. The molecule has 5 nitrogen and oxygen atoms in total. The Morgan fingerprint density at radius 1 is 0.914 bits per heavy atom. The van der Waals surface area contributed by atoms with Crippen molar-refractivity contribution in [3.05, 3.63) is 102 Å². The number of likely N-dealkylation sites (tertiary alicyclic amines) is 1. The van der Waals surface area contributed by atoms with Gasteiger partial charge in [0.1, 0.15) is 17.2 Å². The first-order valence-corrected chi connectivity index (χ1v) is 11.9. The van der Waals surface area contributed by atoms with Crippen LogP contribution in [0.25, 0.3) is 0 Å². The summed E-state index contributed by atoms with van der Waals surface area (Å²) in [5.41, 5.74) is 0.546. The Hall–Kier alpha value is -3.29. The first-order valence-electron chi connectivity index (χ1n) is 11.9. The SMILES string of the molecule is O=C(Nc1ccccc1)OCCCN1CCC(C(O)(c2ccc(F)cc2)c2ccc(F)cc2)CC1. The smallest absolute Gasteiger partial charge is 0.411 e. The third-order valence-corrected chi connectivity index (χ3v) is 6.62. The van der Waals surface area contributed by atoms with Crippen molar-refractivity contribution < 1.29 is 23.4 Å². The van der Waals surface area contributed by atoms with E-state index >= 15 is 0 Å². The van der Waals surface area contributed by atoms with Crippen LogP contribution in [0.1, 0.15) is 30.4 Å². The number of rotatable bonds is 8. The van der Waals surface area contributed by atoms with E-state index in [4.69, 9.17) is 4.74 Å². The lowest BCUT2D eigenvalue weighted by atomic mass is 9.72. The maximum atomic E-state index is 13.6. The summed E-state index contributed by atoms with van der Waals surface area (Å²) in [5.74, 6) is -0.850. The molecular weight excluding hydrogens is 450 g/mol. The number of aliphatic hydroxyl groups is 1. The maximum Gasteiger partial charge on any atom is 0.411 e. The van der Waals surface area contributed by atoms with Gasteiger partial charge in [0.05, 0.1) is 6.61 Å². The van der Waals surface area contributed by atoms with Gasteiger partial charge in [-0.2, -0.15) is 0 Å². The third kappa shape index (κ3) is 6.24. The summed E-state index contributed by atoms with van der Waals surface area (Å²) in [6, 6.07) is 20.9. The first-order chi connectivity index (χ1) is 16.9. The highest BCUT2D eigenvalue weighted by Gasteiger charge is 2.41. The molecule has 1 aliphatic rings. The Labute approximate surface area is 204 Å². The fourth-order valence-electron chi connectivity index (χ4n) is 4.75. The van der Waals surface area contributed by atoms with Gasteiger partial charge in [-0.15, -0.1) is 0 Å². The van der Waals surface area contributed by atoms with Crippen LogP contribution >= 0.6 is 0 Å². The van der Waals surface area contributed by atoms with Crippen molar-refractivity contribution in [2.45, 2.75) is 24.9 Å². The molecule has 0 unspecified atom stereocenters. The monoisotopic (exact) mass is 480 g/mol. The molecule has 0 atom stereocenters. The minimum Gasteiger partial charge on any atom is -0.449 e. The van der Waals surface area contributed by atoms with E-state index in [2.05, 4.69) is 10.2 Å². The molecule has 7 heteroatoms.